The van der Waals surface area contributed by atoms with Crippen LogP contribution in [0.1, 0.15) is 26.2 Å². The second-order valence-electron chi connectivity index (χ2n) is 4.93. The Bertz CT molecular complexity index is 192. The van der Waals surface area contributed by atoms with Crippen LogP contribution in [0.2, 0.25) is 0 Å². The molecule has 0 bridgehead atoms. The molecular formula is C11H22N2S. The third-order valence-corrected chi connectivity index (χ3v) is 4.86. The van der Waals surface area contributed by atoms with Crippen molar-refractivity contribution >= 4 is 11.8 Å². The highest BCUT2D eigenvalue weighted by Crippen LogP contribution is 2.49. The van der Waals surface area contributed by atoms with Gasteiger partial charge in [-0.15, -0.1) is 0 Å². The summed E-state index contributed by atoms with van der Waals surface area (Å²) in [6.45, 7) is 5.84. The van der Waals surface area contributed by atoms with Gasteiger partial charge < -0.3 is 5.73 Å². The summed E-state index contributed by atoms with van der Waals surface area (Å²) in [5, 5.41) is 0. The molecule has 0 aromatic rings. The highest BCUT2D eigenvalue weighted by atomic mass is 32.2. The van der Waals surface area contributed by atoms with E-state index >= 15 is 0 Å². The molecule has 2 N–H and O–H groups in total. The van der Waals surface area contributed by atoms with Gasteiger partial charge in [0.2, 0.25) is 0 Å². The Hall–Kier alpha value is 0.270. The Morgan fingerprint density at radius 1 is 1.50 bits per heavy atom. The summed E-state index contributed by atoms with van der Waals surface area (Å²) in [6.07, 6.45) is 4.07. The second kappa shape index (κ2) is 4.42. The lowest BCUT2D eigenvalue weighted by Gasteiger charge is -2.35. The van der Waals surface area contributed by atoms with E-state index in [0.717, 1.165) is 12.6 Å². The molecule has 0 spiro atoms. The predicted octanol–water partition coefficient (Wildman–Crippen LogP) is 1.55. The number of nitrogens with zero attached hydrogens (tertiary/aromatic N) is 1. The van der Waals surface area contributed by atoms with Gasteiger partial charge in [0.15, 0.2) is 0 Å². The van der Waals surface area contributed by atoms with Crippen LogP contribution < -0.4 is 5.73 Å². The van der Waals surface area contributed by atoms with Gasteiger partial charge in [0.1, 0.15) is 0 Å². The Labute approximate surface area is 91.6 Å². The summed E-state index contributed by atoms with van der Waals surface area (Å²) >= 11 is 2.10. The van der Waals surface area contributed by atoms with E-state index in [-0.39, 0.29) is 0 Å². The van der Waals surface area contributed by atoms with Crippen molar-refractivity contribution in [3.8, 4) is 0 Å². The minimum absolute atomic E-state index is 0.630. The van der Waals surface area contributed by atoms with Gasteiger partial charge >= 0.3 is 0 Å². The molecule has 1 saturated carbocycles. The lowest BCUT2D eigenvalue weighted by Crippen LogP contribution is -2.43. The van der Waals surface area contributed by atoms with Gasteiger partial charge in [0.05, 0.1) is 0 Å². The highest BCUT2D eigenvalue weighted by Gasteiger charge is 2.43. The van der Waals surface area contributed by atoms with Crippen molar-refractivity contribution in [1.29, 1.82) is 0 Å². The lowest BCUT2D eigenvalue weighted by molar-refractivity contribution is 0.181. The SMILES string of the molecule is CC1CSCCN1CC1(CCN)CC1. The third-order valence-electron chi connectivity index (χ3n) is 3.68. The third kappa shape index (κ3) is 2.44. The average Bonchev–Trinajstić information content (AvgIpc) is 2.90. The average molecular weight is 214 g/mol. The first-order chi connectivity index (χ1) is 6.76. The van der Waals surface area contributed by atoms with E-state index in [1.165, 1.54) is 43.9 Å². The number of nitrogens with two attached hydrogens (primary N) is 1. The van der Waals surface area contributed by atoms with Crippen LogP contribution in [0, 0.1) is 5.41 Å². The monoisotopic (exact) mass is 214 g/mol. The molecule has 2 aliphatic rings. The van der Waals surface area contributed by atoms with Crippen LogP contribution in [-0.2, 0) is 0 Å². The lowest BCUT2D eigenvalue weighted by atomic mass is 10.0. The molecule has 14 heavy (non-hydrogen) atoms. The molecule has 2 rings (SSSR count). The molecule has 1 aliphatic heterocycles. The molecule has 1 heterocycles. The fraction of sp³-hybridized carbons (Fsp3) is 1.00. The zero-order valence-corrected chi connectivity index (χ0v) is 9.98. The summed E-state index contributed by atoms with van der Waals surface area (Å²) in [7, 11) is 0. The normalized spacial score (nSPS) is 31.7. The Balaban J connectivity index is 1.83. The van der Waals surface area contributed by atoms with E-state index in [9.17, 15) is 0 Å². The van der Waals surface area contributed by atoms with Crippen LogP contribution in [0.15, 0.2) is 0 Å². The number of rotatable bonds is 4. The Kier molecular flexibility index (Phi) is 3.40. The molecule has 0 aromatic heterocycles. The van der Waals surface area contributed by atoms with Gasteiger partial charge in [-0.1, -0.05) is 0 Å². The number of thioether (sulfide) groups is 1. The molecule has 82 valence electrons. The van der Waals surface area contributed by atoms with Gasteiger partial charge in [0.25, 0.3) is 0 Å². The van der Waals surface area contributed by atoms with E-state index in [0.29, 0.717) is 5.41 Å². The van der Waals surface area contributed by atoms with Crippen LogP contribution in [-0.4, -0.2) is 42.1 Å². The molecule has 0 amide bonds. The van der Waals surface area contributed by atoms with E-state index < -0.39 is 0 Å². The second-order valence-corrected chi connectivity index (χ2v) is 6.08. The standard InChI is InChI=1S/C11H22N2S/c1-10-8-14-7-6-13(10)9-11(2-3-11)4-5-12/h10H,2-9,12H2,1H3. The fourth-order valence-electron chi connectivity index (χ4n) is 2.40. The van der Waals surface area contributed by atoms with E-state index in [1.54, 1.807) is 0 Å². The zero-order valence-electron chi connectivity index (χ0n) is 9.17. The minimum Gasteiger partial charge on any atom is -0.330 e. The quantitative estimate of drug-likeness (QED) is 0.770. The van der Waals surface area contributed by atoms with Crippen molar-refractivity contribution < 1.29 is 0 Å². The molecule has 0 radical (unpaired) electrons. The van der Waals surface area contributed by atoms with Crippen LogP contribution in [0.5, 0.6) is 0 Å². The van der Waals surface area contributed by atoms with E-state index in [1.807, 2.05) is 0 Å². The topological polar surface area (TPSA) is 29.3 Å². The zero-order chi connectivity index (χ0) is 10.0. The first-order valence-electron chi connectivity index (χ1n) is 5.78. The van der Waals surface area contributed by atoms with Gasteiger partial charge in [-0.25, -0.2) is 0 Å². The van der Waals surface area contributed by atoms with Crippen molar-refractivity contribution in [1.82, 2.24) is 4.90 Å². The van der Waals surface area contributed by atoms with Crippen molar-refractivity contribution in [2.75, 3.05) is 31.1 Å². The number of hydrogen-bond acceptors (Lipinski definition) is 3. The largest absolute Gasteiger partial charge is 0.330 e. The molecule has 1 saturated heterocycles. The van der Waals surface area contributed by atoms with Crippen LogP contribution in [0.3, 0.4) is 0 Å². The van der Waals surface area contributed by atoms with Crippen molar-refractivity contribution in [2.24, 2.45) is 11.1 Å². The predicted molar refractivity (Wildman–Crippen MR) is 63.7 cm³/mol. The molecule has 0 aromatic carbocycles. The first kappa shape index (κ1) is 10.8. The minimum atomic E-state index is 0.630. The smallest absolute Gasteiger partial charge is 0.0158 e. The van der Waals surface area contributed by atoms with E-state index in [4.69, 9.17) is 5.73 Å². The molecule has 1 unspecified atom stereocenters. The van der Waals surface area contributed by atoms with Gasteiger partial charge in [-0.2, -0.15) is 11.8 Å². The molecule has 1 aliphatic carbocycles. The van der Waals surface area contributed by atoms with Crippen LogP contribution >= 0.6 is 11.8 Å². The fourth-order valence-corrected chi connectivity index (χ4v) is 3.48. The maximum absolute atomic E-state index is 5.67. The van der Waals surface area contributed by atoms with Crippen molar-refractivity contribution in [2.45, 2.75) is 32.2 Å². The summed E-state index contributed by atoms with van der Waals surface area (Å²) < 4.78 is 0. The maximum atomic E-state index is 5.67. The molecule has 2 nitrogen and oxygen atoms in total. The first-order valence-corrected chi connectivity index (χ1v) is 6.93. The van der Waals surface area contributed by atoms with Crippen molar-refractivity contribution in [3.05, 3.63) is 0 Å². The molecule has 1 atom stereocenters. The summed E-state index contributed by atoms with van der Waals surface area (Å²) in [6, 6.07) is 0.781. The molecular weight excluding hydrogens is 192 g/mol. The van der Waals surface area contributed by atoms with Crippen LogP contribution in [0.25, 0.3) is 0 Å². The Morgan fingerprint density at radius 2 is 2.29 bits per heavy atom. The molecule has 3 heteroatoms. The van der Waals surface area contributed by atoms with Gasteiger partial charge in [0, 0.05) is 30.6 Å². The highest BCUT2D eigenvalue weighted by molar-refractivity contribution is 7.99. The van der Waals surface area contributed by atoms with Crippen molar-refractivity contribution in [3.63, 3.8) is 0 Å². The number of hydrogen-bond donors (Lipinski definition) is 1. The summed E-state index contributed by atoms with van der Waals surface area (Å²) in [5.41, 5.74) is 6.30. The van der Waals surface area contributed by atoms with E-state index in [2.05, 4.69) is 23.6 Å². The van der Waals surface area contributed by atoms with Gasteiger partial charge in [-0.05, 0) is 38.1 Å². The molecule has 2 fully saturated rings. The van der Waals surface area contributed by atoms with Gasteiger partial charge in [-0.3, -0.25) is 4.90 Å². The maximum Gasteiger partial charge on any atom is 0.0158 e. The van der Waals surface area contributed by atoms with Crippen LogP contribution in [0.4, 0.5) is 0 Å². The Morgan fingerprint density at radius 3 is 2.86 bits per heavy atom. The summed E-state index contributed by atoms with van der Waals surface area (Å²) in [4.78, 5) is 2.68. The summed E-state index contributed by atoms with van der Waals surface area (Å²) in [5.74, 6) is 2.64.